The molecule has 22 heavy (non-hydrogen) atoms. The van der Waals surface area contributed by atoms with Gasteiger partial charge in [-0.3, -0.25) is 4.79 Å². The van der Waals surface area contributed by atoms with Gasteiger partial charge in [0, 0.05) is 12.1 Å². The molecule has 124 valence electrons. The fourth-order valence-electron chi connectivity index (χ4n) is 3.23. The van der Waals surface area contributed by atoms with Crippen molar-refractivity contribution < 1.29 is 4.79 Å². The van der Waals surface area contributed by atoms with Crippen LogP contribution in [0.5, 0.6) is 0 Å². The molecule has 4 heteroatoms. The van der Waals surface area contributed by atoms with Gasteiger partial charge < -0.3 is 11.1 Å². The molecule has 0 aromatic heterocycles. The predicted molar refractivity (Wildman–Crippen MR) is 94.0 cm³/mol. The van der Waals surface area contributed by atoms with Gasteiger partial charge in [0.2, 0.25) is 5.91 Å². The highest BCUT2D eigenvalue weighted by Gasteiger charge is 2.26. The first-order valence-corrected chi connectivity index (χ1v) is 8.20. The first kappa shape index (κ1) is 19.0. The number of amides is 1. The van der Waals surface area contributed by atoms with Crippen LogP contribution in [-0.2, 0) is 4.79 Å². The normalized spacial score (nSPS) is 19.6. The van der Waals surface area contributed by atoms with Crippen molar-refractivity contribution in [2.45, 2.75) is 58.0 Å². The second-order valence-electron chi connectivity index (χ2n) is 6.42. The van der Waals surface area contributed by atoms with Crippen molar-refractivity contribution in [2.24, 2.45) is 17.6 Å². The Balaban J connectivity index is 0.00000242. The summed E-state index contributed by atoms with van der Waals surface area (Å²) in [7, 11) is 0. The molecular weight excluding hydrogens is 296 g/mol. The van der Waals surface area contributed by atoms with E-state index in [0.717, 1.165) is 5.56 Å². The van der Waals surface area contributed by atoms with Crippen molar-refractivity contribution in [3.05, 3.63) is 35.9 Å². The highest BCUT2D eigenvalue weighted by Crippen LogP contribution is 2.27. The SMILES string of the molecule is CC(NC(=O)C(C)C(N)c1ccccc1)C1CCCCC1.Cl. The number of nitrogens with two attached hydrogens (primary N) is 1. The summed E-state index contributed by atoms with van der Waals surface area (Å²) in [5.41, 5.74) is 7.25. The maximum Gasteiger partial charge on any atom is 0.224 e. The van der Waals surface area contributed by atoms with Gasteiger partial charge in [-0.25, -0.2) is 0 Å². The van der Waals surface area contributed by atoms with E-state index in [4.69, 9.17) is 5.73 Å². The second kappa shape index (κ2) is 9.16. The third kappa shape index (κ3) is 4.99. The van der Waals surface area contributed by atoms with Crippen molar-refractivity contribution in [3.63, 3.8) is 0 Å². The maximum atomic E-state index is 12.4. The van der Waals surface area contributed by atoms with Crippen LogP contribution in [0, 0.1) is 11.8 Å². The number of nitrogens with one attached hydrogen (secondary N) is 1. The minimum absolute atomic E-state index is 0. The Morgan fingerprint density at radius 3 is 2.32 bits per heavy atom. The van der Waals surface area contributed by atoms with Crippen LogP contribution < -0.4 is 11.1 Å². The summed E-state index contributed by atoms with van der Waals surface area (Å²) in [6.45, 7) is 4.05. The highest BCUT2D eigenvalue weighted by molar-refractivity contribution is 5.85. The fourth-order valence-corrected chi connectivity index (χ4v) is 3.23. The first-order valence-electron chi connectivity index (χ1n) is 8.20. The van der Waals surface area contributed by atoms with Gasteiger partial charge in [0.15, 0.2) is 0 Å². The van der Waals surface area contributed by atoms with E-state index in [1.54, 1.807) is 0 Å². The Bertz CT molecular complexity index is 446. The zero-order valence-corrected chi connectivity index (χ0v) is 14.4. The maximum absolute atomic E-state index is 12.4. The molecule has 2 rings (SSSR count). The monoisotopic (exact) mass is 324 g/mol. The molecule has 0 aliphatic heterocycles. The van der Waals surface area contributed by atoms with Gasteiger partial charge >= 0.3 is 0 Å². The molecule has 1 aromatic rings. The predicted octanol–water partition coefficient (Wildman–Crippen LogP) is 3.83. The van der Waals surface area contributed by atoms with E-state index in [-0.39, 0.29) is 36.3 Å². The molecule has 3 nitrogen and oxygen atoms in total. The standard InChI is InChI=1S/C18H28N2O.ClH/c1-13(17(19)16-11-7-4-8-12-16)18(21)20-14(2)15-9-5-3-6-10-15;/h4,7-8,11-15,17H,3,5-6,9-10,19H2,1-2H3,(H,20,21);1H. The lowest BCUT2D eigenvalue weighted by molar-refractivity contribution is -0.126. The van der Waals surface area contributed by atoms with E-state index in [2.05, 4.69) is 12.2 Å². The van der Waals surface area contributed by atoms with Crippen LogP contribution in [0.25, 0.3) is 0 Å². The molecule has 0 heterocycles. The summed E-state index contributed by atoms with van der Waals surface area (Å²) in [6, 6.07) is 9.87. The zero-order chi connectivity index (χ0) is 15.2. The van der Waals surface area contributed by atoms with Crippen LogP contribution in [0.4, 0.5) is 0 Å². The molecule has 1 aliphatic carbocycles. The lowest BCUT2D eigenvalue weighted by Gasteiger charge is -2.30. The molecular formula is C18H29ClN2O. The van der Waals surface area contributed by atoms with Crippen molar-refractivity contribution >= 4 is 18.3 Å². The van der Waals surface area contributed by atoms with Crippen molar-refractivity contribution in [1.29, 1.82) is 0 Å². The third-order valence-corrected chi connectivity index (χ3v) is 4.86. The molecule has 0 radical (unpaired) electrons. The molecule has 0 saturated heterocycles. The summed E-state index contributed by atoms with van der Waals surface area (Å²) in [6.07, 6.45) is 6.40. The zero-order valence-electron chi connectivity index (χ0n) is 13.6. The molecule has 3 unspecified atom stereocenters. The Kier molecular flexibility index (Phi) is 7.91. The Morgan fingerprint density at radius 1 is 1.14 bits per heavy atom. The molecule has 1 aliphatic rings. The van der Waals surface area contributed by atoms with E-state index in [1.165, 1.54) is 32.1 Å². The Morgan fingerprint density at radius 2 is 1.73 bits per heavy atom. The van der Waals surface area contributed by atoms with E-state index in [0.29, 0.717) is 5.92 Å². The molecule has 3 atom stereocenters. The quantitative estimate of drug-likeness (QED) is 0.864. The first-order chi connectivity index (χ1) is 10.1. The van der Waals surface area contributed by atoms with Gasteiger partial charge in [-0.05, 0) is 31.2 Å². The van der Waals surface area contributed by atoms with Gasteiger partial charge in [0.1, 0.15) is 0 Å². The van der Waals surface area contributed by atoms with E-state index < -0.39 is 0 Å². The molecule has 1 amide bonds. The number of halogens is 1. The lowest BCUT2D eigenvalue weighted by Crippen LogP contribution is -2.43. The minimum Gasteiger partial charge on any atom is -0.353 e. The number of rotatable bonds is 5. The van der Waals surface area contributed by atoms with Crippen molar-refractivity contribution in [3.8, 4) is 0 Å². The number of carbonyl (C=O) groups is 1. The summed E-state index contributed by atoms with van der Waals surface area (Å²) in [4.78, 5) is 12.4. The van der Waals surface area contributed by atoms with Gasteiger partial charge in [-0.15, -0.1) is 12.4 Å². The average Bonchev–Trinajstić information content (AvgIpc) is 2.55. The summed E-state index contributed by atoms with van der Waals surface area (Å²) in [5.74, 6) is 0.491. The topological polar surface area (TPSA) is 55.1 Å². The van der Waals surface area contributed by atoms with Crippen LogP contribution in [0.15, 0.2) is 30.3 Å². The number of carbonyl (C=O) groups excluding carboxylic acids is 1. The van der Waals surface area contributed by atoms with Crippen LogP contribution >= 0.6 is 12.4 Å². The van der Waals surface area contributed by atoms with Crippen molar-refractivity contribution in [1.82, 2.24) is 5.32 Å². The molecule has 1 fully saturated rings. The second-order valence-corrected chi connectivity index (χ2v) is 6.42. The molecule has 0 bridgehead atoms. The average molecular weight is 325 g/mol. The number of hydrogen-bond acceptors (Lipinski definition) is 2. The Hall–Kier alpha value is -1.06. The molecule has 1 saturated carbocycles. The van der Waals surface area contributed by atoms with Crippen LogP contribution in [0.1, 0.15) is 57.6 Å². The van der Waals surface area contributed by atoms with Gasteiger partial charge in [-0.1, -0.05) is 56.5 Å². The highest BCUT2D eigenvalue weighted by atomic mass is 35.5. The minimum atomic E-state index is -0.246. The number of hydrogen-bond donors (Lipinski definition) is 2. The summed E-state index contributed by atoms with van der Waals surface area (Å²) >= 11 is 0. The van der Waals surface area contributed by atoms with Crippen molar-refractivity contribution in [2.75, 3.05) is 0 Å². The molecule has 3 N–H and O–H groups in total. The Labute approximate surface area is 140 Å². The summed E-state index contributed by atoms with van der Waals surface area (Å²) < 4.78 is 0. The van der Waals surface area contributed by atoms with Gasteiger partial charge in [0.25, 0.3) is 0 Å². The molecule has 1 aromatic carbocycles. The van der Waals surface area contributed by atoms with Crippen LogP contribution in [0.2, 0.25) is 0 Å². The number of benzene rings is 1. The molecule has 0 spiro atoms. The smallest absolute Gasteiger partial charge is 0.224 e. The van der Waals surface area contributed by atoms with Gasteiger partial charge in [-0.2, -0.15) is 0 Å². The van der Waals surface area contributed by atoms with Crippen LogP contribution in [-0.4, -0.2) is 11.9 Å². The fraction of sp³-hybridized carbons (Fsp3) is 0.611. The van der Waals surface area contributed by atoms with Crippen LogP contribution in [0.3, 0.4) is 0 Å². The van der Waals surface area contributed by atoms with E-state index in [9.17, 15) is 4.79 Å². The van der Waals surface area contributed by atoms with Gasteiger partial charge in [0.05, 0.1) is 5.92 Å². The summed E-state index contributed by atoms with van der Waals surface area (Å²) in [5, 5.41) is 3.18. The third-order valence-electron chi connectivity index (χ3n) is 4.86. The lowest BCUT2D eigenvalue weighted by atomic mass is 9.84. The largest absolute Gasteiger partial charge is 0.353 e. The van der Waals surface area contributed by atoms with E-state index >= 15 is 0 Å². The van der Waals surface area contributed by atoms with E-state index in [1.807, 2.05) is 37.3 Å².